The number of amides is 1. The molecule has 1 aromatic carbocycles. The molecule has 7 nitrogen and oxygen atoms in total. The molecule has 0 radical (unpaired) electrons. The topological polar surface area (TPSA) is 102 Å². The van der Waals surface area contributed by atoms with Crippen LogP contribution in [-0.2, 0) is 30.8 Å². The molecule has 0 bridgehead atoms. The highest BCUT2D eigenvalue weighted by molar-refractivity contribution is 9.10. The monoisotopic (exact) mass is 376 g/mol. The van der Waals surface area contributed by atoms with E-state index >= 15 is 0 Å². The highest BCUT2D eigenvalue weighted by atomic mass is 79.9. The Bertz CT molecular complexity index is 717. The Kier molecular flexibility index (Phi) is 4.35. The fourth-order valence-electron chi connectivity index (χ4n) is 1.95. The lowest BCUT2D eigenvalue weighted by atomic mass is 10.2. The lowest BCUT2D eigenvalue weighted by Gasteiger charge is -2.14. The van der Waals surface area contributed by atoms with Gasteiger partial charge in [-0.05, 0) is 40.5 Å². The zero-order valence-electron chi connectivity index (χ0n) is 11.3. The summed E-state index contributed by atoms with van der Waals surface area (Å²) in [6.45, 7) is 1.38. The molecule has 1 unspecified atom stereocenters. The van der Waals surface area contributed by atoms with Crippen molar-refractivity contribution in [1.82, 2.24) is 4.72 Å². The first-order valence-corrected chi connectivity index (χ1v) is 8.24. The molecular formula is C12H13BrN2O5S. The SMILES string of the molecule is COC(=O)C(C)NS(=O)(=O)c1cc2c(cc1Br)NC(=O)C2. The van der Waals surface area contributed by atoms with Crippen LogP contribution >= 0.6 is 15.9 Å². The standard InChI is InChI=1S/C12H13BrN2O5S/c1-6(12(17)20-2)15-21(18,19)10-3-7-4-11(16)14-9(7)5-8(10)13/h3,5-6,15H,4H2,1-2H3,(H,14,16). The number of esters is 1. The normalized spacial score (nSPS) is 15.3. The molecule has 0 spiro atoms. The molecule has 21 heavy (non-hydrogen) atoms. The number of fused-ring (bicyclic) bond motifs is 1. The number of hydrogen-bond donors (Lipinski definition) is 2. The molecule has 0 saturated heterocycles. The first kappa shape index (κ1) is 15.9. The summed E-state index contributed by atoms with van der Waals surface area (Å²) in [5, 5.41) is 2.63. The van der Waals surface area contributed by atoms with E-state index in [0.717, 1.165) is 0 Å². The van der Waals surface area contributed by atoms with Gasteiger partial charge < -0.3 is 10.1 Å². The molecule has 1 atom stereocenters. The number of hydrogen-bond acceptors (Lipinski definition) is 5. The zero-order valence-corrected chi connectivity index (χ0v) is 13.7. The summed E-state index contributed by atoms with van der Waals surface area (Å²) >= 11 is 3.16. The second-order valence-corrected chi connectivity index (χ2v) is 7.07. The fraction of sp³-hybridized carbons (Fsp3) is 0.333. The summed E-state index contributed by atoms with van der Waals surface area (Å²) in [7, 11) is -2.74. The summed E-state index contributed by atoms with van der Waals surface area (Å²) < 4.78 is 31.6. The Hall–Kier alpha value is -1.45. The average molecular weight is 377 g/mol. The van der Waals surface area contributed by atoms with Gasteiger partial charge in [0.2, 0.25) is 15.9 Å². The minimum absolute atomic E-state index is 0.0338. The Labute approximate surface area is 130 Å². The zero-order chi connectivity index (χ0) is 15.8. The van der Waals surface area contributed by atoms with E-state index in [-0.39, 0.29) is 17.2 Å². The van der Waals surface area contributed by atoms with Gasteiger partial charge in [0.05, 0.1) is 18.4 Å². The van der Waals surface area contributed by atoms with Crippen molar-refractivity contribution >= 4 is 43.5 Å². The van der Waals surface area contributed by atoms with Crippen molar-refractivity contribution in [3.05, 3.63) is 22.2 Å². The van der Waals surface area contributed by atoms with E-state index in [0.29, 0.717) is 15.7 Å². The number of halogens is 1. The number of carbonyl (C=O) groups excluding carboxylic acids is 2. The van der Waals surface area contributed by atoms with Crippen LogP contribution in [-0.4, -0.2) is 33.4 Å². The van der Waals surface area contributed by atoms with Crippen LogP contribution in [0.5, 0.6) is 0 Å². The third-order valence-electron chi connectivity index (χ3n) is 2.96. The van der Waals surface area contributed by atoms with Crippen molar-refractivity contribution in [3.8, 4) is 0 Å². The molecule has 114 valence electrons. The van der Waals surface area contributed by atoms with Gasteiger partial charge >= 0.3 is 5.97 Å². The molecule has 2 rings (SSSR count). The number of anilines is 1. The van der Waals surface area contributed by atoms with Crippen molar-refractivity contribution < 1.29 is 22.7 Å². The van der Waals surface area contributed by atoms with Crippen molar-refractivity contribution in [1.29, 1.82) is 0 Å². The molecule has 1 aliphatic rings. The number of carbonyl (C=O) groups is 2. The van der Waals surface area contributed by atoms with Gasteiger partial charge in [0.25, 0.3) is 0 Å². The minimum Gasteiger partial charge on any atom is -0.468 e. The molecule has 1 aliphatic heterocycles. The van der Waals surface area contributed by atoms with Crippen LogP contribution in [0, 0.1) is 0 Å². The van der Waals surface area contributed by atoms with Gasteiger partial charge in [-0.3, -0.25) is 9.59 Å². The van der Waals surface area contributed by atoms with Crippen molar-refractivity contribution in [2.45, 2.75) is 24.3 Å². The molecular weight excluding hydrogens is 364 g/mol. The third-order valence-corrected chi connectivity index (χ3v) is 5.46. The number of nitrogens with one attached hydrogen (secondary N) is 2. The van der Waals surface area contributed by atoms with E-state index in [1.165, 1.54) is 26.2 Å². The maximum Gasteiger partial charge on any atom is 0.323 e. The van der Waals surface area contributed by atoms with Gasteiger partial charge in [-0.15, -0.1) is 0 Å². The number of sulfonamides is 1. The maximum atomic E-state index is 12.3. The van der Waals surface area contributed by atoms with Gasteiger partial charge in [0.15, 0.2) is 0 Å². The maximum absolute atomic E-state index is 12.3. The Balaban J connectivity index is 2.35. The van der Waals surface area contributed by atoms with E-state index in [4.69, 9.17) is 0 Å². The van der Waals surface area contributed by atoms with Crippen molar-refractivity contribution in [2.75, 3.05) is 12.4 Å². The van der Waals surface area contributed by atoms with Gasteiger partial charge in [-0.1, -0.05) is 0 Å². The number of methoxy groups -OCH3 is 1. The van der Waals surface area contributed by atoms with Crippen molar-refractivity contribution in [2.24, 2.45) is 0 Å². The summed E-state index contributed by atoms with van der Waals surface area (Å²) in [6.07, 6.45) is 0.123. The average Bonchev–Trinajstić information content (AvgIpc) is 2.75. The Morgan fingerprint density at radius 2 is 2.14 bits per heavy atom. The van der Waals surface area contributed by atoms with E-state index in [1.807, 2.05) is 0 Å². The molecule has 0 saturated carbocycles. The minimum atomic E-state index is -3.92. The summed E-state index contributed by atoms with van der Waals surface area (Å²) in [5.74, 6) is -0.880. The number of benzene rings is 1. The second-order valence-electron chi connectivity index (χ2n) is 4.53. The molecule has 0 fully saturated rings. The molecule has 0 aromatic heterocycles. The molecule has 1 aromatic rings. The van der Waals surface area contributed by atoms with Gasteiger partial charge in [0.1, 0.15) is 6.04 Å². The summed E-state index contributed by atoms with van der Waals surface area (Å²) in [5.41, 5.74) is 1.17. The van der Waals surface area contributed by atoms with E-state index in [1.54, 1.807) is 0 Å². The molecule has 0 aliphatic carbocycles. The summed E-state index contributed by atoms with van der Waals surface area (Å²) in [4.78, 5) is 22.6. The molecule has 9 heteroatoms. The highest BCUT2D eigenvalue weighted by Gasteiger charge is 2.27. The summed E-state index contributed by atoms with van der Waals surface area (Å²) in [6, 6.07) is 1.92. The van der Waals surface area contributed by atoms with Gasteiger partial charge in [0, 0.05) is 10.2 Å². The van der Waals surface area contributed by atoms with Crippen LogP contribution in [0.4, 0.5) is 5.69 Å². The van der Waals surface area contributed by atoms with Gasteiger partial charge in [-0.2, -0.15) is 4.72 Å². The molecule has 1 heterocycles. The molecule has 1 amide bonds. The third kappa shape index (κ3) is 3.25. The van der Waals surface area contributed by atoms with Crippen LogP contribution in [0.25, 0.3) is 0 Å². The largest absolute Gasteiger partial charge is 0.468 e. The van der Waals surface area contributed by atoms with Crippen LogP contribution in [0.15, 0.2) is 21.5 Å². The first-order chi connectivity index (χ1) is 9.74. The lowest BCUT2D eigenvalue weighted by Crippen LogP contribution is -2.39. The number of ether oxygens (including phenoxy) is 1. The predicted octanol–water partition coefficient (Wildman–Crippen LogP) is 0.783. The van der Waals surface area contributed by atoms with Crippen LogP contribution in [0.2, 0.25) is 0 Å². The Morgan fingerprint density at radius 1 is 1.48 bits per heavy atom. The van der Waals surface area contributed by atoms with Gasteiger partial charge in [-0.25, -0.2) is 8.42 Å². The highest BCUT2D eigenvalue weighted by Crippen LogP contribution is 2.32. The van der Waals surface area contributed by atoms with Crippen LogP contribution in [0.1, 0.15) is 12.5 Å². The van der Waals surface area contributed by atoms with E-state index < -0.39 is 22.0 Å². The second kappa shape index (κ2) is 5.74. The number of rotatable bonds is 4. The smallest absolute Gasteiger partial charge is 0.323 e. The first-order valence-electron chi connectivity index (χ1n) is 5.97. The van der Waals surface area contributed by atoms with Crippen LogP contribution in [0.3, 0.4) is 0 Å². The lowest BCUT2D eigenvalue weighted by molar-refractivity contribution is -0.142. The Morgan fingerprint density at radius 3 is 2.76 bits per heavy atom. The molecule has 2 N–H and O–H groups in total. The fourth-order valence-corrected chi connectivity index (χ4v) is 4.24. The predicted molar refractivity (Wildman–Crippen MR) is 78.3 cm³/mol. The van der Waals surface area contributed by atoms with Crippen molar-refractivity contribution in [3.63, 3.8) is 0 Å². The van der Waals surface area contributed by atoms with E-state index in [9.17, 15) is 18.0 Å². The van der Waals surface area contributed by atoms with Crippen LogP contribution < -0.4 is 10.0 Å². The van der Waals surface area contributed by atoms with E-state index in [2.05, 4.69) is 30.7 Å². The quantitative estimate of drug-likeness (QED) is 0.756.